The van der Waals surface area contributed by atoms with Gasteiger partial charge in [0.25, 0.3) is 5.91 Å². The number of carbonyl (C=O) groups is 5. The predicted molar refractivity (Wildman–Crippen MR) is 272 cm³/mol. The molecule has 3 fully saturated rings. The summed E-state index contributed by atoms with van der Waals surface area (Å²) in [6.07, 6.45) is 2.47. The molecule has 8 rings (SSSR count). The van der Waals surface area contributed by atoms with Crippen LogP contribution in [0.25, 0.3) is 27.7 Å². The Morgan fingerprint density at radius 1 is 1.09 bits per heavy atom. The van der Waals surface area contributed by atoms with Crippen molar-refractivity contribution < 1.29 is 51.4 Å². The van der Waals surface area contributed by atoms with Gasteiger partial charge < -0.3 is 38.8 Å². The minimum atomic E-state index is -4.58. The third kappa shape index (κ3) is 11.2. The summed E-state index contributed by atoms with van der Waals surface area (Å²) in [4.78, 5) is 81.7. The Morgan fingerprint density at radius 3 is 2.53 bits per heavy atom. The summed E-state index contributed by atoms with van der Waals surface area (Å²) >= 11 is 0. The van der Waals surface area contributed by atoms with E-state index in [4.69, 9.17) is 14.2 Å². The number of likely N-dealkylation sites (N-methyl/N-ethyl adjacent to an activating group) is 1. The Bertz CT molecular complexity index is 2660. The summed E-state index contributed by atoms with van der Waals surface area (Å²) in [7, 11) is 3.12. The molecular weight excluding hydrogens is 960 g/mol. The molecule has 3 aromatic rings. The number of aromatic nitrogens is 2. The van der Waals surface area contributed by atoms with Crippen LogP contribution in [0.3, 0.4) is 0 Å². The van der Waals surface area contributed by atoms with Crippen LogP contribution in [0.2, 0.25) is 0 Å². The zero-order valence-corrected chi connectivity index (χ0v) is 43.9. The molecule has 2 aromatic heterocycles. The molecule has 5 aliphatic rings. The molecule has 17 nitrogen and oxygen atoms in total. The summed E-state index contributed by atoms with van der Waals surface area (Å²) in [5.41, 5.74) is 5.75. The van der Waals surface area contributed by atoms with Crippen molar-refractivity contribution in [3.63, 3.8) is 0 Å². The Labute approximate surface area is 431 Å². The average Bonchev–Trinajstić information content (AvgIpc) is 3.84. The Kier molecular flexibility index (Phi) is 16.0. The number of hydrazine groups is 1. The molecule has 3 saturated heterocycles. The number of likely N-dealkylation sites (tertiary alicyclic amines) is 1. The number of carbonyl (C=O) groups excluding carboxylic acids is 5. The average molecular weight is 1030 g/mol. The van der Waals surface area contributed by atoms with Gasteiger partial charge in [-0.2, -0.15) is 13.2 Å². The van der Waals surface area contributed by atoms with E-state index in [1.807, 2.05) is 46.8 Å². The summed E-state index contributed by atoms with van der Waals surface area (Å²) in [6, 6.07) is 5.39. The van der Waals surface area contributed by atoms with Crippen molar-refractivity contribution in [2.45, 2.75) is 129 Å². The SMILES string of the molecule is C=CC(=O)N1COC2(CCN(C(=O)N(C)[C@H](C(=O)N[C@H]3CN4CCC=C(C4)c4ccc5c(c4)c(c(-c4cccnc4[C@H](C)OC)n5CC(F)(F)F)CC(C)(C)COC(=O)[C@@H]4CCCN(N4)C3=O)C(C)C)CC2)[C@@H]1C. The first-order valence-corrected chi connectivity index (χ1v) is 25.8. The molecule has 1 spiro atoms. The second kappa shape index (κ2) is 21.8. The van der Waals surface area contributed by atoms with Crippen molar-refractivity contribution in [3.05, 3.63) is 72.1 Å². The smallest absolute Gasteiger partial charge is 0.406 e. The number of methoxy groups -OCH3 is 1. The first-order valence-electron chi connectivity index (χ1n) is 25.8. The van der Waals surface area contributed by atoms with E-state index in [1.165, 1.54) is 27.7 Å². The number of piperidine rings is 1. The third-order valence-electron chi connectivity index (χ3n) is 15.7. The van der Waals surface area contributed by atoms with E-state index in [2.05, 4.69) is 33.3 Å². The largest absolute Gasteiger partial charge is 0.464 e. The van der Waals surface area contributed by atoms with Gasteiger partial charge in [-0.3, -0.25) is 34.1 Å². The van der Waals surface area contributed by atoms with E-state index in [1.54, 1.807) is 48.2 Å². The highest BCUT2D eigenvalue weighted by Crippen LogP contribution is 2.43. The molecule has 74 heavy (non-hydrogen) atoms. The van der Waals surface area contributed by atoms with Crippen LogP contribution in [0.15, 0.2) is 55.3 Å². The van der Waals surface area contributed by atoms with Crippen LogP contribution in [0.5, 0.6) is 0 Å². The Hall–Kier alpha value is -5.83. The van der Waals surface area contributed by atoms with Crippen LogP contribution >= 0.6 is 0 Å². The van der Waals surface area contributed by atoms with Gasteiger partial charge in [-0.1, -0.05) is 46.4 Å². The number of rotatable bonds is 9. The van der Waals surface area contributed by atoms with Crippen molar-refractivity contribution >= 4 is 46.2 Å². The molecule has 402 valence electrons. The third-order valence-corrected chi connectivity index (χ3v) is 15.7. The maximum Gasteiger partial charge on any atom is 0.406 e. The van der Waals surface area contributed by atoms with Crippen LogP contribution in [-0.4, -0.2) is 167 Å². The van der Waals surface area contributed by atoms with Gasteiger partial charge in [0.15, 0.2) is 0 Å². The number of pyridine rings is 1. The first kappa shape index (κ1) is 54.4. The summed E-state index contributed by atoms with van der Waals surface area (Å²) in [6.45, 7) is 15.6. The summed E-state index contributed by atoms with van der Waals surface area (Å²) < 4.78 is 63.5. The Balaban J connectivity index is 1.11. The fourth-order valence-corrected chi connectivity index (χ4v) is 11.6. The maximum absolute atomic E-state index is 14.8. The molecular formula is C54H72F3N9O8. The molecule has 1 unspecified atom stereocenters. The van der Waals surface area contributed by atoms with Crippen LogP contribution in [0.4, 0.5) is 18.0 Å². The molecule has 0 aliphatic carbocycles. The number of alkyl halides is 3. The molecule has 5 amide bonds. The predicted octanol–water partition coefficient (Wildman–Crippen LogP) is 6.47. The quantitative estimate of drug-likeness (QED) is 0.178. The molecule has 1 aromatic carbocycles. The second-order valence-electron chi connectivity index (χ2n) is 21.7. The van der Waals surface area contributed by atoms with Gasteiger partial charge in [0, 0.05) is 81.5 Å². The Morgan fingerprint density at radius 2 is 1.84 bits per heavy atom. The van der Waals surface area contributed by atoms with Crippen LogP contribution in [-0.2, 0) is 46.4 Å². The number of nitrogens with one attached hydrogen (secondary N) is 2. The van der Waals surface area contributed by atoms with E-state index in [9.17, 15) is 37.1 Å². The van der Waals surface area contributed by atoms with Crippen molar-refractivity contribution in [1.29, 1.82) is 0 Å². The van der Waals surface area contributed by atoms with Crippen LogP contribution in [0, 0.1) is 11.3 Å². The lowest BCUT2D eigenvalue weighted by Gasteiger charge is -2.43. The molecule has 5 aliphatic heterocycles. The highest BCUT2D eigenvalue weighted by atomic mass is 19.4. The molecule has 0 radical (unpaired) electrons. The molecule has 6 bridgehead atoms. The van der Waals surface area contributed by atoms with E-state index >= 15 is 0 Å². The fraction of sp³-hybridized carbons (Fsp3) is 0.593. The molecule has 2 N–H and O–H groups in total. The highest BCUT2D eigenvalue weighted by Gasteiger charge is 2.50. The number of hydrogen-bond donors (Lipinski definition) is 2. The highest BCUT2D eigenvalue weighted by molar-refractivity contribution is 5.95. The van der Waals surface area contributed by atoms with Crippen molar-refractivity contribution in [2.24, 2.45) is 11.3 Å². The number of esters is 1. The van der Waals surface area contributed by atoms with Crippen molar-refractivity contribution in [1.82, 2.24) is 44.9 Å². The van der Waals surface area contributed by atoms with Gasteiger partial charge in [-0.25, -0.2) is 10.2 Å². The normalized spacial score (nSPS) is 24.3. The van der Waals surface area contributed by atoms with E-state index < -0.39 is 65.8 Å². The number of cyclic esters (lactones) is 1. The minimum absolute atomic E-state index is 0.0741. The van der Waals surface area contributed by atoms with E-state index in [0.29, 0.717) is 91.7 Å². The van der Waals surface area contributed by atoms with Gasteiger partial charge in [0.1, 0.15) is 31.4 Å². The zero-order chi connectivity index (χ0) is 53.4. The molecule has 0 saturated carbocycles. The number of nitrogens with zero attached hydrogens (tertiary/aromatic N) is 7. The number of urea groups is 1. The molecule has 7 heterocycles. The lowest BCUT2D eigenvalue weighted by atomic mass is 9.84. The van der Waals surface area contributed by atoms with Gasteiger partial charge in [-0.05, 0) is 105 Å². The molecule has 20 heteroatoms. The molecule has 6 atom stereocenters. The van der Waals surface area contributed by atoms with Gasteiger partial charge in [-0.15, -0.1) is 0 Å². The fourth-order valence-electron chi connectivity index (χ4n) is 11.6. The number of benzene rings is 1. The van der Waals surface area contributed by atoms with Crippen LogP contribution < -0.4 is 10.7 Å². The maximum atomic E-state index is 14.8. The summed E-state index contributed by atoms with van der Waals surface area (Å²) in [5, 5.41) is 5.05. The number of amides is 5. The zero-order valence-electron chi connectivity index (χ0n) is 43.9. The number of hydrogen-bond acceptors (Lipinski definition) is 11. The standard InChI is InChI=1S/C54H72F3N9O8/c1-10-44(67)65-32-74-53(35(65)5)19-24-63(25-20-53)51(71)61(8)46(33(2)3)48(68)59-42-29-62-22-12-14-37(28-62)36-17-18-43-39(26-36)40(27-52(6,7)31-73-50(70)41-16-13-23-66(60-41)49(42)69)47(64(43)30-54(55,56)57)38-15-11-21-58-45(38)34(4)72-9/h10-11,14-15,17-18,21,26,33-35,41-42,46,60H,1,12-13,16,19-20,22-25,27-32H2,2-9H3,(H,59,68)/t34-,35-,41-,42-,46-/m0/s1. The second-order valence-corrected chi connectivity index (χ2v) is 21.7. The number of halogens is 3. The van der Waals surface area contributed by atoms with Crippen molar-refractivity contribution in [2.75, 3.05) is 66.8 Å². The van der Waals surface area contributed by atoms with Gasteiger partial charge >= 0.3 is 18.2 Å². The van der Waals surface area contributed by atoms with E-state index in [0.717, 1.165) is 11.1 Å². The first-order chi connectivity index (χ1) is 35.0. The minimum Gasteiger partial charge on any atom is -0.464 e. The topological polar surface area (TPSA) is 171 Å². The lowest BCUT2D eigenvalue weighted by Crippen LogP contribution is -2.64. The van der Waals surface area contributed by atoms with Crippen molar-refractivity contribution in [3.8, 4) is 11.3 Å². The van der Waals surface area contributed by atoms with E-state index in [-0.39, 0.29) is 56.7 Å². The van der Waals surface area contributed by atoms with Gasteiger partial charge in [0.05, 0.1) is 35.7 Å². The summed E-state index contributed by atoms with van der Waals surface area (Å²) in [5.74, 6) is -2.15. The number of fused-ring (bicyclic) bond motifs is 6. The lowest BCUT2D eigenvalue weighted by molar-refractivity contribution is -0.155. The van der Waals surface area contributed by atoms with Crippen LogP contribution in [0.1, 0.15) is 96.6 Å². The monoisotopic (exact) mass is 1030 g/mol. The number of ether oxygens (including phenoxy) is 3. The van der Waals surface area contributed by atoms with Gasteiger partial charge in [0.2, 0.25) is 11.8 Å².